The van der Waals surface area contributed by atoms with Crippen LogP contribution in [0.15, 0.2) is 60.8 Å². The Morgan fingerprint density at radius 3 is 2.68 bits per heavy atom. The average molecular weight is 533 g/mol. The lowest BCUT2D eigenvalue weighted by molar-refractivity contribution is -0.122. The molecule has 1 aliphatic heterocycles. The summed E-state index contributed by atoms with van der Waals surface area (Å²) in [5.41, 5.74) is 1.46. The number of ether oxygens (including phenoxy) is 2. The van der Waals surface area contributed by atoms with Gasteiger partial charge in [0.25, 0.3) is 11.8 Å². The molecule has 0 spiro atoms. The summed E-state index contributed by atoms with van der Waals surface area (Å²) >= 11 is 2.06. The van der Waals surface area contributed by atoms with E-state index in [0.717, 1.165) is 4.90 Å². The Bertz CT molecular complexity index is 1050. The maximum atomic E-state index is 12.4. The molecule has 0 unspecified atom stereocenters. The molecule has 2 N–H and O–H groups in total. The molecule has 0 radical (unpaired) electrons. The fourth-order valence-corrected chi connectivity index (χ4v) is 3.63. The third-order valence-corrected chi connectivity index (χ3v) is 5.04. The molecule has 3 rings (SSSR count). The summed E-state index contributed by atoms with van der Waals surface area (Å²) in [6.07, 6.45) is 3.03. The molecule has 0 atom stereocenters. The first-order valence-corrected chi connectivity index (χ1v) is 10.3. The number of hydrogen-bond acceptors (Lipinski definition) is 5. The number of carbonyl (C=O) groups is 3. The number of para-hydroxylation sites is 1. The number of amides is 4. The number of urea groups is 1. The maximum absolute atomic E-state index is 12.4. The molecule has 2 aromatic rings. The van der Waals surface area contributed by atoms with Gasteiger partial charge in [0.15, 0.2) is 18.1 Å². The van der Waals surface area contributed by atoms with E-state index >= 15 is 0 Å². The molecule has 8 nitrogen and oxygen atoms in total. The van der Waals surface area contributed by atoms with E-state index in [1.807, 2.05) is 18.2 Å². The lowest BCUT2D eigenvalue weighted by Gasteiger charge is -2.14. The van der Waals surface area contributed by atoms with E-state index in [9.17, 15) is 14.4 Å². The quantitative estimate of drug-likeness (QED) is 0.235. The smallest absolute Gasteiger partial charge is 0.329 e. The Hall–Kier alpha value is -3.34. The van der Waals surface area contributed by atoms with Crippen LogP contribution in [0.1, 0.15) is 5.56 Å². The zero-order valence-corrected chi connectivity index (χ0v) is 18.8. The summed E-state index contributed by atoms with van der Waals surface area (Å²) in [6, 6.07) is 12.0. The zero-order chi connectivity index (χ0) is 22.4. The molecule has 31 heavy (non-hydrogen) atoms. The maximum Gasteiger partial charge on any atom is 0.329 e. The van der Waals surface area contributed by atoms with Crippen LogP contribution in [0.5, 0.6) is 11.5 Å². The van der Waals surface area contributed by atoms with Gasteiger partial charge in [-0.05, 0) is 58.5 Å². The van der Waals surface area contributed by atoms with E-state index in [4.69, 9.17) is 9.47 Å². The first kappa shape index (κ1) is 22.3. The monoisotopic (exact) mass is 533 g/mol. The van der Waals surface area contributed by atoms with E-state index in [2.05, 4.69) is 39.8 Å². The molecule has 160 valence electrons. The number of carbonyl (C=O) groups excluding carboxylic acids is 3. The number of methoxy groups -OCH3 is 1. The number of imide groups is 1. The summed E-state index contributed by atoms with van der Waals surface area (Å²) in [5.74, 6) is 0.0584. The molecular formula is C22H20IN3O5. The summed E-state index contributed by atoms with van der Waals surface area (Å²) in [7, 11) is 1.48. The highest BCUT2D eigenvalue weighted by Gasteiger charge is 2.32. The number of anilines is 1. The van der Waals surface area contributed by atoms with Gasteiger partial charge in [0.2, 0.25) is 0 Å². The van der Waals surface area contributed by atoms with Crippen molar-refractivity contribution in [1.82, 2.24) is 10.2 Å². The van der Waals surface area contributed by atoms with Crippen molar-refractivity contribution in [2.75, 3.05) is 25.6 Å². The van der Waals surface area contributed by atoms with E-state index in [-0.39, 0.29) is 24.8 Å². The van der Waals surface area contributed by atoms with Gasteiger partial charge in [-0.1, -0.05) is 24.3 Å². The number of halogens is 1. The highest BCUT2D eigenvalue weighted by atomic mass is 127. The third-order valence-electron chi connectivity index (χ3n) is 4.24. The van der Waals surface area contributed by atoms with Gasteiger partial charge in [-0.25, -0.2) is 4.79 Å². The van der Waals surface area contributed by atoms with Crippen LogP contribution in [-0.2, 0) is 9.59 Å². The van der Waals surface area contributed by atoms with Crippen molar-refractivity contribution in [3.05, 3.63) is 70.0 Å². The molecule has 2 aromatic carbocycles. The van der Waals surface area contributed by atoms with E-state index in [1.54, 1.807) is 30.3 Å². The van der Waals surface area contributed by atoms with E-state index in [1.165, 1.54) is 13.2 Å². The largest absolute Gasteiger partial charge is 0.493 e. The number of nitrogens with zero attached hydrogens (tertiary/aromatic N) is 1. The molecule has 0 bridgehead atoms. The van der Waals surface area contributed by atoms with Crippen LogP contribution in [-0.4, -0.2) is 43.0 Å². The van der Waals surface area contributed by atoms with Gasteiger partial charge in [-0.3, -0.25) is 14.5 Å². The molecule has 1 fully saturated rings. The van der Waals surface area contributed by atoms with Crippen molar-refractivity contribution in [2.24, 2.45) is 0 Å². The van der Waals surface area contributed by atoms with Crippen molar-refractivity contribution in [3.63, 3.8) is 0 Å². The second-order valence-corrected chi connectivity index (χ2v) is 7.59. The fourth-order valence-electron chi connectivity index (χ4n) is 2.85. The Balaban J connectivity index is 1.74. The third kappa shape index (κ3) is 5.43. The van der Waals surface area contributed by atoms with Crippen LogP contribution in [0.25, 0.3) is 6.08 Å². The average Bonchev–Trinajstić information content (AvgIpc) is 3.01. The summed E-state index contributed by atoms with van der Waals surface area (Å²) < 4.78 is 11.8. The van der Waals surface area contributed by atoms with Crippen LogP contribution in [0.2, 0.25) is 0 Å². The minimum Gasteiger partial charge on any atom is -0.493 e. The van der Waals surface area contributed by atoms with Crippen LogP contribution < -0.4 is 20.1 Å². The van der Waals surface area contributed by atoms with Crippen molar-refractivity contribution < 1.29 is 23.9 Å². The number of hydrogen-bond donors (Lipinski definition) is 2. The molecule has 1 aliphatic rings. The summed E-state index contributed by atoms with van der Waals surface area (Å²) in [5, 5.41) is 5.29. The predicted molar refractivity (Wildman–Crippen MR) is 125 cm³/mol. The van der Waals surface area contributed by atoms with Gasteiger partial charge in [0, 0.05) is 12.2 Å². The van der Waals surface area contributed by atoms with Gasteiger partial charge in [0.05, 0.1) is 10.7 Å². The Kier molecular flexibility index (Phi) is 7.29. The summed E-state index contributed by atoms with van der Waals surface area (Å²) in [4.78, 5) is 37.5. The topological polar surface area (TPSA) is 97.0 Å². The van der Waals surface area contributed by atoms with E-state index in [0.29, 0.717) is 26.3 Å². The minimum atomic E-state index is -0.498. The molecule has 1 heterocycles. The highest BCUT2D eigenvalue weighted by molar-refractivity contribution is 14.1. The molecule has 1 saturated heterocycles. The highest BCUT2D eigenvalue weighted by Crippen LogP contribution is 2.34. The molecule has 0 saturated carbocycles. The first-order chi connectivity index (χ1) is 14.9. The minimum absolute atomic E-state index is 0.126. The van der Waals surface area contributed by atoms with Crippen molar-refractivity contribution in [1.29, 1.82) is 0 Å². The number of rotatable bonds is 8. The standard InChI is InChI=1S/C22H20IN3O5/c1-3-9-26-21(28)17(25-22(26)29)11-14-10-16(23)20(18(12-14)30-2)31-13-19(27)24-15-7-5-4-6-8-15/h3-8,10-12H,1,9,13H2,2H3,(H,24,27)(H,25,29)/b17-11+. The van der Waals surface area contributed by atoms with Crippen molar-refractivity contribution >= 4 is 52.2 Å². The lowest BCUT2D eigenvalue weighted by Crippen LogP contribution is -2.30. The Labute approximate surface area is 193 Å². The Morgan fingerprint density at radius 1 is 1.26 bits per heavy atom. The molecular weight excluding hydrogens is 513 g/mol. The number of benzene rings is 2. The van der Waals surface area contributed by atoms with Gasteiger partial charge in [0.1, 0.15) is 5.70 Å². The van der Waals surface area contributed by atoms with Crippen molar-refractivity contribution in [2.45, 2.75) is 0 Å². The molecule has 0 aliphatic carbocycles. The van der Waals surface area contributed by atoms with Crippen LogP contribution in [0.3, 0.4) is 0 Å². The van der Waals surface area contributed by atoms with Crippen LogP contribution in [0, 0.1) is 3.57 Å². The second kappa shape index (κ2) is 10.1. The van der Waals surface area contributed by atoms with Crippen LogP contribution >= 0.6 is 22.6 Å². The predicted octanol–water partition coefficient (Wildman–Crippen LogP) is 3.40. The fraction of sp³-hybridized carbons (Fsp3) is 0.136. The molecule has 0 aromatic heterocycles. The van der Waals surface area contributed by atoms with E-state index < -0.39 is 11.9 Å². The van der Waals surface area contributed by atoms with Gasteiger partial charge in [-0.2, -0.15) is 0 Å². The molecule has 9 heteroatoms. The SMILES string of the molecule is C=CCN1C(=O)N/C(=C/c2cc(I)c(OCC(=O)Nc3ccccc3)c(OC)c2)C1=O. The zero-order valence-electron chi connectivity index (χ0n) is 16.7. The van der Waals surface area contributed by atoms with Gasteiger partial charge in [-0.15, -0.1) is 6.58 Å². The lowest BCUT2D eigenvalue weighted by atomic mass is 10.1. The Morgan fingerprint density at radius 2 is 2.00 bits per heavy atom. The van der Waals surface area contributed by atoms with Gasteiger partial charge >= 0.3 is 6.03 Å². The van der Waals surface area contributed by atoms with Gasteiger partial charge < -0.3 is 20.1 Å². The normalized spacial score (nSPS) is 14.4. The first-order valence-electron chi connectivity index (χ1n) is 9.23. The summed E-state index contributed by atoms with van der Waals surface area (Å²) in [6.45, 7) is 3.47. The second-order valence-electron chi connectivity index (χ2n) is 6.43. The number of nitrogens with one attached hydrogen (secondary N) is 2. The molecule has 4 amide bonds. The van der Waals surface area contributed by atoms with Crippen molar-refractivity contribution in [3.8, 4) is 11.5 Å². The van der Waals surface area contributed by atoms with Crippen LogP contribution in [0.4, 0.5) is 10.5 Å².